The third-order valence-electron chi connectivity index (χ3n) is 2.02. The Morgan fingerprint density at radius 2 is 2.14 bits per heavy atom. The molecule has 72 valence electrons. The van der Waals surface area contributed by atoms with Gasteiger partial charge >= 0.3 is 0 Å². The first kappa shape index (κ1) is 8.74. The van der Waals surface area contributed by atoms with Crippen molar-refractivity contribution in [2.75, 3.05) is 5.01 Å². The van der Waals surface area contributed by atoms with Gasteiger partial charge in [0.1, 0.15) is 11.4 Å². The molecule has 1 N–H and O–H groups in total. The second-order valence-electron chi connectivity index (χ2n) is 3.21. The number of aromatic hydroxyl groups is 1. The summed E-state index contributed by atoms with van der Waals surface area (Å²) in [4.78, 5) is 11.4. The zero-order chi connectivity index (χ0) is 10.1. The van der Waals surface area contributed by atoms with E-state index in [1.54, 1.807) is 25.1 Å². The summed E-state index contributed by atoms with van der Waals surface area (Å²) in [5, 5.41) is 14.8. The molecular weight excluding hydrogens is 180 g/mol. The zero-order valence-electron chi connectivity index (χ0n) is 7.77. The molecule has 0 aromatic heterocycles. The van der Waals surface area contributed by atoms with E-state index < -0.39 is 0 Å². The number of para-hydroxylation sites is 2. The van der Waals surface area contributed by atoms with E-state index in [2.05, 4.69) is 5.10 Å². The number of phenolic OH excluding ortho intramolecular Hbond substituents is 1. The quantitative estimate of drug-likeness (QED) is 0.729. The molecule has 1 aliphatic heterocycles. The number of hydrazone groups is 1. The molecule has 1 heterocycles. The van der Waals surface area contributed by atoms with Gasteiger partial charge in [0.05, 0.1) is 6.42 Å². The lowest BCUT2D eigenvalue weighted by Gasteiger charge is -2.12. The fourth-order valence-corrected chi connectivity index (χ4v) is 1.39. The summed E-state index contributed by atoms with van der Waals surface area (Å²) < 4.78 is 0. The molecule has 0 radical (unpaired) electrons. The lowest BCUT2D eigenvalue weighted by atomic mass is 10.2. The lowest BCUT2D eigenvalue weighted by molar-refractivity contribution is -0.116. The Bertz CT molecular complexity index is 412. The minimum absolute atomic E-state index is 0.0688. The van der Waals surface area contributed by atoms with E-state index in [1.165, 1.54) is 11.1 Å². The first-order valence-electron chi connectivity index (χ1n) is 4.33. The first-order chi connectivity index (χ1) is 6.68. The molecule has 0 saturated carbocycles. The summed E-state index contributed by atoms with van der Waals surface area (Å²) in [6.45, 7) is 1.79. The maximum absolute atomic E-state index is 11.4. The van der Waals surface area contributed by atoms with E-state index in [0.29, 0.717) is 12.1 Å². The van der Waals surface area contributed by atoms with Crippen molar-refractivity contribution in [3.8, 4) is 5.75 Å². The lowest BCUT2D eigenvalue weighted by Crippen LogP contribution is -2.19. The van der Waals surface area contributed by atoms with Crippen LogP contribution in [0.4, 0.5) is 5.69 Å². The van der Waals surface area contributed by atoms with E-state index in [4.69, 9.17) is 0 Å². The summed E-state index contributed by atoms with van der Waals surface area (Å²) >= 11 is 0. The Balaban J connectivity index is 2.41. The number of nitrogens with zero attached hydrogens (tertiary/aromatic N) is 2. The minimum Gasteiger partial charge on any atom is -0.506 e. The number of hydrogen-bond donors (Lipinski definition) is 1. The molecule has 1 aliphatic rings. The maximum Gasteiger partial charge on any atom is 0.253 e. The zero-order valence-corrected chi connectivity index (χ0v) is 7.77. The van der Waals surface area contributed by atoms with Gasteiger partial charge in [-0.15, -0.1) is 0 Å². The van der Waals surface area contributed by atoms with E-state index in [1.807, 2.05) is 0 Å². The van der Waals surface area contributed by atoms with Crippen molar-refractivity contribution in [1.29, 1.82) is 0 Å². The topological polar surface area (TPSA) is 52.9 Å². The van der Waals surface area contributed by atoms with Crippen LogP contribution in [0, 0.1) is 0 Å². The number of amides is 1. The highest BCUT2D eigenvalue weighted by Crippen LogP contribution is 2.29. The van der Waals surface area contributed by atoms with Gasteiger partial charge < -0.3 is 5.11 Å². The third kappa shape index (κ3) is 1.35. The fraction of sp³-hybridized carbons (Fsp3) is 0.200. The summed E-state index contributed by atoms with van der Waals surface area (Å²) in [5.41, 5.74) is 1.20. The Morgan fingerprint density at radius 3 is 2.71 bits per heavy atom. The second-order valence-corrected chi connectivity index (χ2v) is 3.21. The van der Waals surface area contributed by atoms with Gasteiger partial charge in [-0.3, -0.25) is 4.79 Å². The SMILES string of the molecule is CC1=NN(c2ccccc2O)C(=O)C1. The molecule has 0 aliphatic carbocycles. The predicted molar refractivity (Wildman–Crippen MR) is 53.3 cm³/mol. The Labute approximate surface area is 81.5 Å². The van der Waals surface area contributed by atoms with Gasteiger partial charge in [-0.25, -0.2) is 0 Å². The largest absolute Gasteiger partial charge is 0.506 e. The van der Waals surface area contributed by atoms with E-state index >= 15 is 0 Å². The molecule has 0 fully saturated rings. The van der Waals surface area contributed by atoms with E-state index in [9.17, 15) is 9.90 Å². The van der Waals surface area contributed by atoms with Crippen LogP contribution >= 0.6 is 0 Å². The molecule has 14 heavy (non-hydrogen) atoms. The van der Waals surface area contributed by atoms with Crippen molar-refractivity contribution in [3.05, 3.63) is 24.3 Å². The Kier molecular flexibility index (Phi) is 1.96. The highest BCUT2D eigenvalue weighted by Gasteiger charge is 2.24. The Hall–Kier alpha value is -1.84. The van der Waals surface area contributed by atoms with Crippen LogP contribution in [0.25, 0.3) is 0 Å². The van der Waals surface area contributed by atoms with Gasteiger partial charge in [0.25, 0.3) is 5.91 Å². The average molecular weight is 190 g/mol. The smallest absolute Gasteiger partial charge is 0.253 e. The molecule has 0 spiro atoms. The van der Waals surface area contributed by atoms with Gasteiger partial charge in [0.2, 0.25) is 0 Å². The van der Waals surface area contributed by atoms with Crippen LogP contribution in [0.1, 0.15) is 13.3 Å². The van der Waals surface area contributed by atoms with Gasteiger partial charge in [-0.05, 0) is 19.1 Å². The Morgan fingerprint density at radius 1 is 1.43 bits per heavy atom. The van der Waals surface area contributed by atoms with Crippen LogP contribution in [-0.4, -0.2) is 16.7 Å². The molecule has 2 rings (SSSR count). The molecule has 4 heteroatoms. The number of phenols is 1. The van der Waals surface area contributed by atoms with Crippen LogP contribution in [-0.2, 0) is 4.79 Å². The number of anilines is 1. The van der Waals surface area contributed by atoms with E-state index in [0.717, 1.165) is 5.71 Å². The second kappa shape index (κ2) is 3.14. The van der Waals surface area contributed by atoms with Crippen LogP contribution < -0.4 is 5.01 Å². The maximum atomic E-state index is 11.4. The van der Waals surface area contributed by atoms with Crippen molar-refractivity contribution in [3.63, 3.8) is 0 Å². The first-order valence-corrected chi connectivity index (χ1v) is 4.33. The van der Waals surface area contributed by atoms with E-state index in [-0.39, 0.29) is 11.7 Å². The molecule has 0 bridgehead atoms. The van der Waals surface area contributed by atoms with Crippen molar-refractivity contribution >= 4 is 17.3 Å². The highest BCUT2D eigenvalue weighted by atomic mass is 16.3. The number of carbonyl (C=O) groups is 1. The monoisotopic (exact) mass is 190 g/mol. The third-order valence-corrected chi connectivity index (χ3v) is 2.02. The summed E-state index contributed by atoms with van der Waals surface area (Å²) in [6.07, 6.45) is 0.328. The summed E-state index contributed by atoms with van der Waals surface area (Å²) in [6, 6.07) is 6.66. The molecule has 1 amide bonds. The van der Waals surface area contributed by atoms with Crippen LogP contribution in [0.3, 0.4) is 0 Å². The number of rotatable bonds is 1. The van der Waals surface area contributed by atoms with Gasteiger partial charge in [0.15, 0.2) is 0 Å². The average Bonchev–Trinajstić information content (AvgIpc) is 2.46. The van der Waals surface area contributed by atoms with Crippen LogP contribution in [0.2, 0.25) is 0 Å². The van der Waals surface area contributed by atoms with Crippen LogP contribution in [0.15, 0.2) is 29.4 Å². The molecule has 0 unspecified atom stereocenters. The minimum atomic E-state index is -0.107. The molecule has 0 atom stereocenters. The molecule has 1 aromatic carbocycles. The van der Waals surface area contributed by atoms with Gasteiger partial charge in [0, 0.05) is 5.71 Å². The van der Waals surface area contributed by atoms with Crippen molar-refractivity contribution < 1.29 is 9.90 Å². The standard InChI is InChI=1S/C10H10N2O2/c1-7-6-10(14)12(11-7)8-4-2-3-5-9(8)13/h2-5,13H,6H2,1H3. The fourth-order valence-electron chi connectivity index (χ4n) is 1.39. The van der Waals surface area contributed by atoms with Gasteiger partial charge in [-0.1, -0.05) is 12.1 Å². The molecular formula is C10H10N2O2. The van der Waals surface area contributed by atoms with Crippen molar-refractivity contribution in [1.82, 2.24) is 0 Å². The summed E-state index contributed by atoms with van der Waals surface area (Å²) in [7, 11) is 0. The normalized spacial score (nSPS) is 15.9. The van der Waals surface area contributed by atoms with Gasteiger partial charge in [-0.2, -0.15) is 10.1 Å². The highest BCUT2D eigenvalue weighted by molar-refractivity contribution is 6.12. The number of benzene rings is 1. The number of hydrogen-bond acceptors (Lipinski definition) is 3. The molecule has 1 aromatic rings. The summed E-state index contributed by atoms with van der Waals surface area (Å²) in [5.74, 6) is -0.0386. The number of carbonyl (C=O) groups excluding carboxylic acids is 1. The van der Waals surface area contributed by atoms with Crippen molar-refractivity contribution in [2.24, 2.45) is 5.10 Å². The van der Waals surface area contributed by atoms with Crippen LogP contribution in [0.5, 0.6) is 5.75 Å². The molecule has 0 saturated heterocycles. The predicted octanol–water partition coefficient (Wildman–Crippen LogP) is 1.50. The molecule has 4 nitrogen and oxygen atoms in total. The van der Waals surface area contributed by atoms with Crippen molar-refractivity contribution in [2.45, 2.75) is 13.3 Å².